The summed E-state index contributed by atoms with van der Waals surface area (Å²) in [5, 5.41) is 6.60. The fourth-order valence-corrected chi connectivity index (χ4v) is 6.09. The van der Waals surface area contributed by atoms with Gasteiger partial charge in [-0.2, -0.15) is 0 Å². The molecule has 0 saturated heterocycles. The van der Waals surface area contributed by atoms with Gasteiger partial charge in [-0.1, -0.05) is 62.0 Å². The van der Waals surface area contributed by atoms with Crippen LogP contribution >= 0.6 is 35.3 Å². The molecule has 2 aromatic heterocycles. The lowest BCUT2D eigenvalue weighted by Gasteiger charge is -2.08. The van der Waals surface area contributed by atoms with E-state index in [2.05, 4.69) is 30.6 Å². The summed E-state index contributed by atoms with van der Waals surface area (Å²) in [5.74, 6) is -0.141. The smallest absolute Gasteiger partial charge is 0.251 e. The average molecular weight is 637 g/mol. The Balaban J connectivity index is 1.22. The van der Waals surface area contributed by atoms with Gasteiger partial charge in [-0.15, -0.1) is 0 Å². The van der Waals surface area contributed by atoms with Gasteiger partial charge in [0, 0.05) is 44.7 Å². The Kier molecular flexibility index (Phi) is 12.1. The van der Waals surface area contributed by atoms with Crippen molar-refractivity contribution < 1.29 is 9.59 Å². The number of aryl methyl sites for hydroxylation is 2. The SMILES string of the molecule is CCCc1cc(=O)[nH]c(SCC(=O)Nc2ccc(Sc3ccc(NC(=O)CSc4nc(CCC)cc(=O)[nH]4)cc3)cc2)n1. The first-order chi connectivity index (χ1) is 20.8. The van der Waals surface area contributed by atoms with E-state index in [1.807, 2.05) is 62.4 Å². The van der Waals surface area contributed by atoms with Gasteiger partial charge in [0.2, 0.25) is 11.8 Å². The lowest BCUT2D eigenvalue weighted by Crippen LogP contribution is -2.16. The van der Waals surface area contributed by atoms with E-state index in [4.69, 9.17) is 0 Å². The molecule has 13 heteroatoms. The molecule has 2 amide bonds. The highest BCUT2D eigenvalue weighted by atomic mass is 32.2. The second kappa shape index (κ2) is 16.1. The van der Waals surface area contributed by atoms with Crippen LogP contribution in [0.3, 0.4) is 0 Å². The van der Waals surface area contributed by atoms with Gasteiger partial charge in [0.05, 0.1) is 11.5 Å². The third kappa shape index (κ3) is 10.8. The van der Waals surface area contributed by atoms with Crippen LogP contribution in [-0.2, 0) is 22.4 Å². The van der Waals surface area contributed by atoms with Crippen molar-refractivity contribution in [3.05, 3.63) is 92.8 Å². The zero-order valence-corrected chi connectivity index (χ0v) is 26.2. The standard InChI is InChI=1S/C30H32N6O4S3/c1-3-5-21-15-25(37)35-29(33-21)41-17-27(39)31-19-7-11-23(12-8-19)43-24-13-9-20(10-14-24)32-28(40)18-42-30-34-22(6-4-2)16-26(38)36-30/h7-16H,3-6,17-18H2,1-2H3,(H,31,39)(H,32,40)(H,33,35,37)(H,34,36,38). The van der Waals surface area contributed by atoms with E-state index in [-0.39, 0.29) is 34.4 Å². The summed E-state index contributed by atoms with van der Waals surface area (Å²) >= 11 is 3.93. The molecule has 4 N–H and O–H groups in total. The first-order valence-electron chi connectivity index (χ1n) is 13.7. The summed E-state index contributed by atoms with van der Waals surface area (Å²) in [4.78, 5) is 64.6. The maximum atomic E-state index is 12.4. The maximum absolute atomic E-state index is 12.4. The van der Waals surface area contributed by atoms with Gasteiger partial charge in [-0.3, -0.25) is 19.2 Å². The van der Waals surface area contributed by atoms with Crippen molar-refractivity contribution in [1.29, 1.82) is 0 Å². The lowest BCUT2D eigenvalue weighted by atomic mass is 10.2. The Morgan fingerprint density at radius 1 is 0.674 bits per heavy atom. The molecular weight excluding hydrogens is 605 g/mol. The van der Waals surface area contributed by atoms with Crippen molar-refractivity contribution in [2.24, 2.45) is 0 Å². The lowest BCUT2D eigenvalue weighted by molar-refractivity contribution is -0.114. The second-order valence-corrected chi connectivity index (χ2v) is 12.5. The van der Waals surface area contributed by atoms with E-state index < -0.39 is 0 Å². The van der Waals surface area contributed by atoms with Crippen molar-refractivity contribution in [3.8, 4) is 0 Å². The van der Waals surface area contributed by atoms with Crippen LogP contribution in [0.5, 0.6) is 0 Å². The Morgan fingerprint density at radius 2 is 1.07 bits per heavy atom. The zero-order valence-electron chi connectivity index (χ0n) is 23.8. The molecule has 0 atom stereocenters. The highest BCUT2D eigenvalue weighted by Gasteiger charge is 2.09. The minimum Gasteiger partial charge on any atom is -0.325 e. The number of rotatable bonds is 14. The molecule has 0 fully saturated rings. The number of carbonyl (C=O) groups excluding carboxylic acids is 2. The molecule has 0 aliphatic heterocycles. The number of aromatic amines is 2. The molecule has 10 nitrogen and oxygen atoms in total. The van der Waals surface area contributed by atoms with Gasteiger partial charge in [0.15, 0.2) is 10.3 Å². The van der Waals surface area contributed by atoms with Crippen LogP contribution in [0.25, 0.3) is 0 Å². The molecule has 0 aliphatic rings. The number of nitrogens with zero attached hydrogens (tertiary/aromatic N) is 2. The summed E-state index contributed by atoms with van der Waals surface area (Å²) in [5.41, 5.74) is 2.34. The zero-order chi connectivity index (χ0) is 30.6. The van der Waals surface area contributed by atoms with Crippen molar-refractivity contribution in [2.45, 2.75) is 59.6 Å². The molecule has 224 valence electrons. The quantitative estimate of drug-likeness (QED) is 0.106. The number of benzene rings is 2. The summed E-state index contributed by atoms with van der Waals surface area (Å²) in [6.45, 7) is 4.04. The minimum atomic E-state index is -0.218. The van der Waals surface area contributed by atoms with Crippen LogP contribution in [0.1, 0.15) is 38.1 Å². The fourth-order valence-electron chi connectivity index (χ4n) is 3.88. The summed E-state index contributed by atoms with van der Waals surface area (Å²) in [6, 6.07) is 18.0. The van der Waals surface area contributed by atoms with Crippen LogP contribution in [0.4, 0.5) is 11.4 Å². The Bertz CT molecular complexity index is 1530. The predicted molar refractivity (Wildman–Crippen MR) is 173 cm³/mol. The molecule has 0 aliphatic carbocycles. The van der Waals surface area contributed by atoms with Crippen LogP contribution in [0, 0.1) is 0 Å². The third-order valence-electron chi connectivity index (χ3n) is 5.75. The molecule has 2 heterocycles. The topological polar surface area (TPSA) is 150 Å². The fraction of sp³-hybridized carbons (Fsp3) is 0.267. The summed E-state index contributed by atoms with van der Waals surface area (Å²) < 4.78 is 0. The van der Waals surface area contributed by atoms with Crippen LogP contribution in [-0.4, -0.2) is 43.3 Å². The third-order valence-corrected chi connectivity index (χ3v) is 8.51. The van der Waals surface area contributed by atoms with Gasteiger partial charge < -0.3 is 20.6 Å². The van der Waals surface area contributed by atoms with Crippen molar-refractivity contribution >= 4 is 58.5 Å². The van der Waals surface area contributed by atoms with Gasteiger partial charge in [0.1, 0.15) is 0 Å². The molecular formula is C30H32N6O4S3. The molecule has 4 aromatic rings. The number of carbonyl (C=O) groups is 2. The highest BCUT2D eigenvalue weighted by Crippen LogP contribution is 2.29. The summed E-state index contributed by atoms with van der Waals surface area (Å²) in [6.07, 6.45) is 3.20. The minimum absolute atomic E-state index is 0.124. The Hall–Kier alpha value is -3.81. The number of aromatic nitrogens is 4. The van der Waals surface area contributed by atoms with Crippen LogP contribution < -0.4 is 21.8 Å². The molecule has 0 radical (unpaired) electrons. The molecule has 4 rings (SSSR count). The Labute approximate surface area is 261 Å². The number of amides is 2. The van der Waals surface area contributed by atoms with Gasteiger partial charge in [-0.25, -0.2) is 9.97 Å². The number of nitrogens with one attached hydrogen (secondary N) is 4. The number of hydrogen-bond acceptors (Lipinski definition) is 9. The number of anilines is 2. The van der Waals surface area contributed by atoms with Crippen LogP contribution in [0.2, 0.25) is 0 Å². The van der Waals surface area contributed by atoms with Gasteiger partial charge in [-0.05, 0) is 61.4 Å². The monoisotopic (exact) mass is 636 g/mol. The molecule has 43 heavy (non-hydrogen) atoms. The molecule has 0 spiro atoms. The van der Waals surface area contributed by atoms with E-state index in [1.165, 1.54) is 35.7 Å². The van der Waals surface area contributed by atoms with Gasteiger partial charge >= 0.3 is 0 Å². The Morgan fingerprint density at radius 3 is 1.44 bits per heavy atom. The maximum Gasteiger partial charge on any atom is 0.251 e. The largest absolute Gasteiger partial charge is 0.325 e. The predicted octanol–water partition coefficient (Wildman–Crippen LogP) is 5.37. The second-order valence-electron chi connectivity index (χ2n) is 9.41. The van der Waals surface area contributed by atoms with Crippen molar-refractivity contribution in [3.63, 3.8) is 0 Å². The number of H-pyrrole nitrogens is 2. The van der Waals surface area contributed by atoms with E-state index >= 15 is 0 Å². The van der Waals surface area contributed by atoms with Crippen molar-refractivity contribution in [1.82, 2.24) is 19.9 Å². The number of hydrogen-bond donors (Lipinski definition) is 4. The first kappa shape index (κ1) is 32.1. The molecule has 2 aromatic carbocycles. The first-order valence-corrected chi connectivity index (χ1v) is 16.5. The van der Waals surface area contributed by atoms with Crippen LogP contribution in [0.15, 0.2) is 90.4 Å². The molecule has 0 saturated carbocycles. The normalized spacial score (nSPS) is 10.8. The van der Waals surface area contributed by atoms with E-state index in [0.717, 1.165) is 34.0 Å². The van der Waals surface area contributed by atoms with E-state index in [9.17, 15) is 19.2 Å². The summed E-state index contributed by atoms with van der Waals surface area (Å²) in [7, 11) is 0. The average Bonchev–Trinajstić information content (AvgIpc) is 2.97. The number of thioether (sulfide) groups is 2. The van der Waals surface area contributed by atoms with E-state index in [1.54, 1.807) is 11.8 Å². The van der Waals surface area contributed by atoms with Crippen molar-refractivity contribution in [2.75, 3.05) is 22.1 Å². The highest BCUT2D eigenvalue weighted by molar-refractivity contribution is 8.00. The van der Waals surface area contributed by atoms with E-state index in [0.29, 0.717) is 34.5 Å². The molecule has 0 unspecified atom stereocenters. The van der Waals surface area contributed by atoms with Gasteiger partial charge in [0.25, 0.3) is 11.1 Å². The molecule has 0 bridgehead atoms.